The first-order valence-corrected chi connectivity index (χ1v) is 55.6. The van der Waals surface area contributed by atoms with Crippen LogP contribution in [0.1, 0.15) is 378 Å². The number of allylic oxidation sites excluding steroid dienone is 6. The molecule has 136 heavy (non-hydrogen) atoms. The molecule has 4 heterocycles. The lowest BCUT2D eigenvalue weighted by molar-refractivity contribution is -0.152. The monoisotopic (exact) mass is 1830 g/mol. The highest BCUT2D eigenvalue weighted by atomic mass is 16.5. The number of benzene rings is 4. The molecule has 12 saturated carbocycles. The largest absolute Gasteiger partial charge is 0.373 e. The van der Waals surface area contributed by atoms with Crippen LogP contribution in [0.3, 0.4) is 0 Å². The first kappa shape index (κ1) is 95.5. The van der Waals surface area contributed by atoms with Gasteiger partial charge < -0.3 is 18.9 Å². The fourth-order valence-corrected chi connectivity index (χ4v) is 36.4. The topological polar surface area (TPSA) is 88.5 Å². The summed E-state index contributed by atoms with van der Waals surface area (Å²) < 4.78 is 25.8. The molecule has 4 aromatic heterocycles. The standard InChI is InChI=1S/C32H45NO.2C32H43NO.C32H41NO/c4*1-30(2,3)34-25-12-15-31(4)24(19-25)8-9-26-28-11-10-27(32(28,5)16-13-29(26)31)22-6-7-23-20-33-17-14-21(23)18-22/h6-7,14,17-18,20,24-29H,8-13,15-16,19H2,1-5H3;6-7,10,14,17-18,20,24-26,28-29H,8-9,11-13,15-16,19H2,1-5H3;6-8,14,17-18,20,25-29H,9-13,15-16,19H2,1-5H3;6-8,10,14,17-18,20,25-26,28-29H,9,11-13,15-16,19H2,1-5H3/t24-,25+,26-,27+,28-,29-,31-,32+;24-,25+,26-,28-,29-,31-,32+;25-,26+,27-,28+,29+,31+,32-;25-,26+,28+,29+,31+,32-/m0011/s1. The summed E-state index contributed by atoms with van der Waals surface area (Å²) in [6, 6.07) is 37.1. The smallest absolute Gasteiger partial charge is 0.0619 e. The molecule has 28 atom stereocenters. The van der Waals surface area contributed by atoms with E-state index in [1.165, 1.54) is 247 Å². The molecule has 728 valence electrons. The zero-order chi connectivity index (χ0) is 94.9. The Bertz CT molecular complexity index is 5740. The molecule has 24 rings (SSSR count). The van der Waals surface area contributed by atoms with Crippen molar-refractivity contribution < 1.29 is 18.9 Å². The van der Waals surface area contributed by atoms with Crippen LogP contribution in [-0.4, -0.2) is 66.8 Å². The van der Waals surface area contributed by atoms with Gasteiger partial charge in [-0.25, -0.2) is 0 Å². The molecule has 0 bridgehead atoms. The van der Waals surface area contributed by atoms with Crippen LogP contribution in [0, 0.1) is 126 Å². The molecule has 0 aliphatic heterocycles. The van der Waals surface area contributed by atoms with Crippen molar-refractivity contribution in [3.05, 3.63) is 204 Å². The predicted octanol–water partition coefficient (Wildman–Crippen LogP) is 33.8. The molecule has 8 heteroatoms. The van der Waals surface area contributed by atoms with Crippen molar-refractivity contribution in [3.8, 4) is 0 Å². The number of hydrogen-bond donors (Lipinski definition) is 0. The molecule has 0 amide bonds. The lowest BCUT2D eigenvalue weighted by Gasteiger charge is -2.61. The van der Waals surface area contributed by atoms with E-state index in [9.17, 15) is 0 Å². The van der Waals surface area contributed by atoms with Crippen molar-refractivity contribution in [1.82, 2.24) is 19.9 Å². The molecule has 4 aromatic carbocycles. The van der Waals surface area contributed by atoms with Gasteiger partial charge in [0.1, 0.15) is 0 Å². The number of fused-ring (bicyclic) bond motifs is 24. The average Bonchev–Trinajstić information content (AvgIpc) is 1.43. The van der Waals surface area contributed by atoms with Gasteiger partial charge in [-0.2, -0.15) is 0 Å². The second-order valence-electron chi connectivity index (χ2n) is 54.1. The molecule has 16 aliphatic carbocycles. The molecule has 12 fully saturated rings. The zero-order valence-electron chi connectivity index (χ0n) is 87.8. The van der Waals surface area contributed by atoms with Crippen LogP contribution in [0.4, 0.5) is 0 Å². The summed E-state index contributed by atoms with van der Waals surface area (Å²) in [6.45, 7) is 47.6. The second-order valence-corrected chi connectivity index (χ2v) is 54.1. The van der Waals surface area contributed by atoms with E-state index in [4.69, 9.17) is 18.9 Å². The number of hydrogen-bond acceptors (Lipinski definition) is 8. The maximum Gasteiger partial charge on any atom is 0.0619 e. The Morgan fingerprint density at radius 3 is 1.01 bits per heavy atom. The van der Waals surface area contributed by atoms with Crippen LogP contribution >= 0.6 is 0 Å². The molecular formula is C128H172N4O4. The summed E-state index contributed by atoms with van der Waals surface area (Å²) in [5.74, 6) is 13.5. The minimum atomic E-state index is -0.0476. The van der Waals surface area contributed by atoms with E-state index in [1.54, 1.807) is 33.4 Å². The van der Waals surface area contributed by atoms with Crippen molar-refractivity contribution in [1.29, 1.82) is 0 Å². The van der Waals surface area contributed by atoms with Gasteiger partial charge in [0.05, 0.1) is 46.8 Å². The Balaban J connectivity index is 0.000000108. The van der Waals surface area contributed by atoms with Crippen LogP contribution in [0.15, 0.2) is 182 Å². The van der Waals surface area contributed by atoms with E-state index in [0.29, 0.717) is 73.7 Å². The summed E-state index contributed by atoms with van der Waals surface area (Å²) in [5, 5.41) is 10.3. The Labute approximate surface area is 820 Å². The third kappa shape index (κ3) is 17.4. The van der Waals surface area contributed by atoms with E-state index in [1.807, 2.05) is 49.6 Å². The predicted molar refractivity (Wildman–Crippen MR) is 565 cm³/mol. The lowest BCUT2D eigenvalue weighted by Crippen LogP contribution is -2.54. The summed E-state index contributed by atoms with van der Waals surface area (Å²) in [5.41, 5.74) is 16.0. The number of pyridine rings is 4. The van der Waals surface area contributed by atoms with Crippen molar-refractivity contribution in [2.75, 3.05) is 0 Å². The maximum absolute atomic E-state index is 6.48. The molecule has 0 radical (unpaired) electrons. The van der Waals surface area contributed by atoms with Crippen LogP contribution in [0.2, 0.25) is 0 Å². The SMILES string of the molecule is CC(C)(C)O[C@@H]1CC[C@@]2(C)C(=CC[C@@H]3[C@@H]2CC[C@]2(C)C(c4ccc5cnccc5c4)=CC[C@@H]32)C1.CC(C)(C)O[C@@H]1CC[C@@]2(C)C(=CC[C@H]3[C@@H]4CC[C@H](c5ccc6cnccc6c5)[C@@]4(C)CC[C@@H]32)C1.CC(C)(C)O[C@@H]1CC[C@@]2(C)[C@@H](CC[C@@H]3[C@@H]2CC[C@]2(C)C(c4ccc5cnccc5c4)=CC[C@@H]32)C1.CC(C)(C)O[C@@H]1CC[C@@]2(C)[C@@H](CC[C@@H]3[C@@H]2CC[C@]2(C)[C@@H](c4ccc5cnccc5c4)CC[C@@H]32)C1. The molecule has 0 unspecified atom stereocenters. The van der Waals surface area contributed by atoms with Crippen molar-refractivity contribution in [2.45, 2.75) is 403 Å². The van der Waals surface area contributed by atoms with E-state index in [0.717, 1.165) is 102 Å². The van der Waals surface area contributed by atoms with Gasteiger partial charge in [0.25, 0.3) is 0 Å². The minimum Gasteiger partial charge on any atom is -0.373 e. The highest BCUT2D eigenvalue weighted by Crippen LogP contribution is 2.74. The van der Waals surface area contributed by atoms with Gasteiger partial charge in [0, 0.05) is 71.1 Å². The first-order chi connectivity index (χ1) is 64.7. The highest BCUT2D eigenvalue weighted by molar-refractivity contribution is 5.89. The molecule has 0 N–H and O–H groups in total. The first-order valence-electron chi connectivity index (χ1n) is 55.6. The van der Waals surface area contributed by atoms with Crippen LogP contribution in [0.25, 0.3) is 54.2 Å². The van der Waals surface area contributed by atoms with Crippen LogP contribution in [0.5, 0.6) is 0 Å². The normalized spacial score (nSPS) is 39.8. The van der Waals surface area contributed by atoms with E-state index >= 15 is 0 Å². The molecular weight excluding hydrogens is 1660 g/mol. The average molecular weight is 1830 g/mol. The third-order valence-electron chi connectivity index (χ3n) is 42.6. The Hall–Kier alpha value is -6.68. The highest BCUT2D eigenvalue weighted by Gasteiger charge is 2.65. The summed E-state index contributed by atoms with van der Waals surface area (Å²) in [4.78, 5) is 17.2. The van der Waals surface area contributed by atoms with Crippen molar-refractivity contribution in [2.24, 2.45) is 126 Å². The number of nitrogens with zero attached hydrogens (tertiary/aromatic N) is 4. The van der Waals surface area contributed by atoms with E-state index in [2.05, 4.69) is 280 Å². The van der Waals surface area contributed by atoms with Crippen LogP contribution < -0.4 is 0 Å². The molecule has 0 saturated heterocycles. The number of rotatable bonds is 8. The van der Waals surface area contributed by atoms with Crippen molar-refractivity contribution >= 4 is 54.2 Å². The summed E-state index contributed by atoms with van der Waals surface area (Å²) in [7, 11) is 0. The van der Waals surface area contributed by atoms with Gasteiger partial charge in [-0.3, -0.25) is 19.9 Å². The number of ether oxygens (including phenoxy) is 4. The van der Waals surface area contributed by atoms with Gasteiger partial charge in [0.15, 0.2) is 0 Å². The molecule has 8 aromatic rings. The molecule has 8 nitrogen and oxygen atoms in total. The fraction of sp³-hybridized carbons (Fsp3) is 0.656. The van der Waals surface area contributed by atoms with Gasteiger partial charge in [-0.15, -0.1) is 0 Å². The Morgan fingerprint density at radius 2 is 0.588 bits per heavy atom. The van der Waals surface area contributed by atoms with Crippen LogP contribution in [-0.2, 0) is 18.9 Å². The lowest BCUT2D eigenvalue weighted by atomic mass is 9.44. The Morgan fingerprint density at radius 1 is 0.265 bits per heavy atom. The van der Waals surface area contributed by atoms with Gasteiger partial charge >= 0.3 is 0 Å². The number of aromatic nitrogens is 4. The maximum atomic E-state index is 6.48. The van der Waals surface area contributed by atoms with Gasteiger partial charge in [-0.1, -0.05) is 152 Å². The minimum absolute atomic E-state index is 0.0135. The Kier molecular flexibility index (Phi) is 25.1. The summed E-state index contributed by atoms with van der Waals surface area (Å²) >= 11 is 0. The van der Waals surface area contributed by atoms with E-state index < -0.39 is 0 Å². The zero-order valence-corrected chi connectivity index (χ0v) is 87.8. The molecule has 0 spiro atoms. The molecule has 16 aliphatic rings. The van der Waals surface area contributed by atoms with Gasteiger partial charge in [-0.05, 0) is 518 Å². The fourth-order valence-electron chi connectivity index (χ4n) is 36.4. The van der Waals surface area contributed by atoms with Gasteiger partial charge in [0.2, 0.25) is 0 Å². The quantitative estimate of drug-likeness (QED) is 0.139. The van der Waals surface area contributed by atoms with E-state index in [-0.39, 0.29) is 22.4 Å². The third-order valence-corrected chi connectivity index (χ3v) is 42.6. The summed E-state index contributed by atoms with van der Waals surface area (Å²) in [6.07, 6.45) is 70.7. The van der Waals surface area contributed by atoms with Crippen molar-refractivity contribution in [3.63, 3.8) is 0 Å². The second kappa shape index (κ2) is 35.7.